The summed E-state index contributed by atoms with van der Waals surface area (Å²) in [5.41, 5.74) is 3.84. The molecule has 1 aliphatic heterocycles. The van der Waals surface area contributed by atoms with Crippen molar-refractivity contribution in [1.82, 2.24) is 5.32 Å². The molecule has 8 heteroatoms. The molecule has 0 bridgehead atoms. The summed E-state index contributed by atoms with van der Waals surface area (Å²) < 4.78 is 5.57. The highest BCUT2D eigenvalue weighted by Crippen LogP contribution is 2.31. The smallest absolute Gasteiger partial charge is 0.323 e. The van der Waals surface area contributed by atoms with Crippen LogP contribution in [-0.2, 0) is 0 Å². The Kier molecular flexibility index (Phi) is 8.51. The fourth-order valence-electron chi connectivity index (χ4n) is 5.48. The number of urea groups is 1. The highest BCUT2D eigenvalue weighted by atomic mass is 16.5. The van der Waals surface area contributed by atoms with Gasteiger partial charge < -0.3 is 30.5 Å². The third kappa shape index (κ3) is 6.63. The van der Waals surface area contributed by atoms with Crippen molar-refractivity contribution < 1.29 is 14.3 Å². The monoisotopic (exact) mass is 527 g/mol. The number of nitrogens with zero attached hydrogens (tertiary/aromatic N) is 2. The third-order valence-corrected chi connectivity index (χ3v) is 7.52. The minimum Gasteiger partial charge on any atom is -0.495 e. The molecule has 3 N–H and O–H groups in total. The molecule has 3 aromatic rings. The number of benzene rings is 3. The Morgan fingerprint density at radius 2 is 1.38 bits per heavy atom. The molecule has 0 radical (unpaired) electrons. The third-order valence-electron chi connectivity index (χ3n) is 7.52. The van der Waals surface area contributed by atoms with Crippen LogP contribution >= 0.6 is 0 Å². The summed E-state index contributed by atoms with van der Waals surface area (Å²) >= 11 is 0. The van der Waals surface area contributed by atoms with E-state index in [-0.39, 0.29) is 18.0 Å². The number of piperazine rings is 1. The lowest BCUT2D eigenvalue weighted by atomic mass is 9.95. The molecule has 2 aliphatic rings. The van der Waals surface area contributed by atoms with Crippen molar-refractivity contribution in [1.29, 1.82) is 0 Å². The molecule has 0 aromatic heterocycles. The number of nitrogens with one attached hydrogen (secondary N) is 3. The quantitative estimate of drug-likeness (QED) is 0.366. The van der Waals surface area contributed by atoms with Crippen molar-refractivity contribution in [2.75, 3.05) is 53.7 Å². The molecular formula is C31H37N5O3. The first-order chi connectivity index (χ1) is 19.1. The Bertz CT molecular complexity index is 1270. The van der Waals surface area contributed by atoms with E-state index in [4.69, 9.17) is 4.74 Å². The van der Waals surface area contributed by atoms with Gasteiger partial charge in [-0.15, -0.1) is 0 Å². The van der Waals surface area contributed by atoms with Crippen LogP contribution in [0.4, 0.5) is 27.5 Å². The van der Waals surface area contributed by atoms with Crippen LogP contribution in [0.2, 0.25) is 0 Å². The first-order valence-electron chi connectivity index (χ1n) is 13.8. The molecule has 3 aromatic carbocycles. The average molecular weight is 528 g/mol. The summed E-state index contributed by atoms with van der Waals surface area (Å²) in [7, 11) is 1.70. The number of carbonyl (C=O) groups is 2. The number of hydrogen-bond acceptors (Lipinski definition) is 5. The van der Waals surface area contributed by atoms with Crippen LogP contribution in [-0.4, -0.2) is 51.3 Å². The lowest BCUT2D eigenvalue weighted by molar-refractivity contribution is 0.0928. The van der Waals surface area contributed by atoms with Gasteiger partial charge in [0.05, 0.1) is 18.4 Å². The van der Waals surface area contributed by atoms with Gasteiger partial charge in [-0.3, -0.25) is 4.79 Å². The molecule has 1 heterocycles. The van der Waals surface area contributed by atoms with Crippen LogP contribution in [0.5, 0.6) is 5.75 Å². The summed E-state index contributed by atoms with van der Waals surface area (Å²) in [4.78, 5) is 30.8. The molecule has 0 unspecified atom stereocenters. The van der Waals surface area contributed by atoms with Crippen LogP contribution in [0.1, 0.15) is 42.5 Å². The van der Waals surface area contributed by atoms with Crippen LogP contribution in [0.3, 0.4) is 0 Å². The van der Waals surface area contributed by atoms with E-state index in [9.17, 15) is 9.59 Å². The molecule has 8 nitrogen and oxygen atoms in total. The van der Waals surface area contributed by atoms with Crippen molar-refractivity contribution in [3.05, 3.63) is 78.4 Å². The Labute approximate surface area is 230 Å². The number of carbonyl (C=O) groups excluding carboxylic acids is 2. The second kappa shape index (κ2) is 12.6. The fourth-order valence-corrected chi connectivity index (χ4v) is 5.48. The number of ether oxygens (including phenoxy) is 1. The highest BCUT2D eigenvalue weighted by molar-refractivity contribution is 6.04. The predicted octanol–water partition coefficient (Wildman–Crippen LogP) is 5.73. The van der Waals surface area contributed by atoms with Crippen molar-refractivity contribution >= 4 is 34.7 Å². The molecule has 204 valence electrons. The summed E-state index contributed by atoms with van der Waals surface area (Å²) in [6.45, 7) is 3.15. The lowest BCUT2D eigenvalue weighted by Gasteiger charge is -2.38. The number of anilines is 4. The van der Waals surface area contributed by atoms with Crippen molar-refractivity contribution in [3.8, 4) is 5.75 Å². The van der Waals surface area contributed by atoms with Crippen LogP contribution in [0.15, 0.2) is 72.8 Å². The van der Waals surface area contributed by atoms with Gasteiger partial charge in [-0.1, -0.05) is 49.6 Å². The van der Waals surface area contributed by atoms with Gasteiger partial charge in [0.1, 0.15) is 5.75 Å². The SMILES string of the molecule is COc1ccccc1N1CCN(c2ccc(NC(=O)Nc3ccccc3)cc2C(=O)NC2CCCCC2)CC1. The van der Waals surface area contributed by atoms with Crippen LogP contribution in [0.25, 0.3) is 0 Å². The number of hydrogen-bond donors (Lipinski definition) is 3. The number of para-hydroxylation sites is 3. The predicted molar refractivity (Wildman–Crippen MR) is 157 cm³/mol. The van der Waals surface area contributed by atoms with Gasteiger partial charge in [-0.25, -0.2) is 4.79 Å². The molecule has 1 saturated heterocycles. The zero-order valence-electron chi connectivity index (χ0n) is 22.5. The van der Waals surface area contributed by atoms with E-state index in [1.807, 2.05) is 60.7 Å². The van der Waals surface area contributed by atoms with Gasteiger partial charge in [-0.2, -0.15) is 0 Å². The maximum atomic E-state index is 13.6. The van der Waals surface area contributed by atoms with Gasteiger partial charge in [0.15, 0.2) is 0 Å². The van der Waals surface area contributed by atoms with Gasteiger partial charge >= 0.3 is 6.03 Å². The minimum atomic E-state index is -0.349. The average Bonchev–Trinajstić information content (AvgIpc) is 2.98. The van der Waals surface area contributed by atoms with E-state index >= 15 is 0 Å². The normalized spacial score (nSPS) is 15.9. The maximum Gasteiger partial charge on any atom is 0.323 e. The van der Waals surface area contributed by atoms with Crippen LogP contribution < -0.4 is 30.5 Å². The number of rotatable bonds is 7. The van der Waals surface area contributed by atoms with Crippen molar-refractivity contribution in [3.63, 3.8) is 0 Å². The molecule has 0 atom stereocenters. The van der Waals surface area contributed by atoms with E-state index in [2.05, 4.69) is 31.8 Å². The van der Waals surface area contributed by atoms with E-state index in [1.165, 1.54) is 6.42 Å². The van der Waals surface area contributed by atoms with E-state index in [0.29, 0.717) is 16.9 Å². The summed E-state index contributed by atoms with van der Waals surface area (Å²) in [5.74, 6) is 0.777. The Balaban J connectivity index is 1.33. The second-order valence-electron chi connectivity index (χ2n) is 10.1. The second-order valence-corrected chi connectivity index (χ2v) is 10.1. The van der Waals surface area contributed by atoms with Crippen LogP contribution in [0, 0.1) is 0 Å². The molecular weight excluding hydrogens is 490 g/mol. The Hall–Kier alpha value is -4.20. The molecule has 2 fully saturated rings. The topological polar surface area (TPSA) is 85.9 Å². The van der Waals surface area contributed by atoms with E-state index in [1.54, 1.807) is 13.2 Å². The standard InChI is InChI=1S/C31H37N5O3/c1-39-29-15-9-8-14-28(29)36-20-18-35(19-21-36)27-17-16-25(34-31(38)33-24-12-6-3-7-13-24)22-26(27)30(37)32-23-10-4-2-5-11-23/h3,6-9,12-17,22-23H,2,4-5,10-11,18-21H2,1H3,(H,32,37)(H2,33,34,38). The molecule has 0 spiro atoms. The Morgan fingerprint density at radius 3 is 2.10 bits per heavy atom. The van der Waals surface area contributed by atoms with Crippen molar-refractivity contribution in [2.45, 2.75) is 38.1 Å². The zero-order valence-corrected chi connectivity index (χ0v) is 22.5. The van der Waals surface area contributed by atoms with Gasteiger partial charge in [-0.05, 0) is 55.3 Å². The fraction of sp³-hybridized carbons (Fsp3) is 0.355. The van der Waals surface area contributed by atoms with E-state index < -0.39 is 0 Å². The largest absolute Gasteiger partial charge is 0.495 e. The summed E-state index contributed by atoms with van der Waals surface area (Å²) in [5, 5.41) is 8.99. The van der Waals surface area contributed by atoms with E-state index in [0.717, 1.165) is 69.0 Å². The van der Waals surface area contributed by atoms with Gasteiger partial charge in [0.25, 0.3) is 5.91 Å². The molecule has 39 heavy (non-hydrogen) atoms. The lowest BCUT2D eigenvalue weighted by Crippen LogP contribution is -2.47. The van der Waals surface area contributed by atoms with Gasteiger partial charge in [0.2, 0.25) is 0 Å². The van der Waals surface area contributed by atoms with Crippen molar-refractivity contribution in [2.24, 2.45) is 0 Å². The zero-order chi connectivity index (χ0) is 27.0. The summed E-state index contributed by atoms with van der Waals surface area (Å²) in [6, 6.07) is 22.8. The molecule has 1 saturated carbocycles. The maximum absolute atomic E-state index is 13.6. The minimum absolute atomic E-state index is 0.0869. The first kappa shape index (κ1) is 26.4. The first-order valence-corrected chi connectivity index (χ1v) is 13.8. The Morgan fingerprint density at radius 1 is 0.744 bits per heavy atom. The highest BCUT2D eigenvalue weighted by Gasteiger charge is 2.25. The number of methoxy groups -OCH3 is 1. The molecule has 1 aliphatic carbocycles. The molecule has 5 rings (SSSR count). The summed E-state index contributed by atoms with van der Waals surface area (Å²) in [6.07, 6.45) is 5.53. The molecule has 3 amide bonds. The number of amides is 3. The van der Waals surface area contributed by atoms with Gasteiger partial charge in [0, 0.05) is 49.3 Å².